The van der Waals surface area contributed by atoms with Gasteiger partial charge in [0, 0.05) is 14.2 Å². The summed E-state index contributed by atoms with van der Waals surface area (Å²) < 4.78 is 51.1. The first-order valence-corrected chi connectivity index (χ1v) is 29.4. The maximum atomic E-state index is 12.6. The molecule has 27 heteroatoms. The average molecular weight is 1230 g/mol. The van der Waals surface area contributed by atoms with Crippen molar-refractivity contribution in [1.29, 1.82) is 1.28 Å². The zero-order valence-electron chi connectivity index (χ0n) is 48.5. The number of aliphatic hydroxyl groups is 7. The van der Waals surface area contributed by atoms with Gasteiger partial charge in [0.2, 0.25) is 0 Å². The molecule has 9 N–H and O–H groups in total. The molecule has 4 unspecified atom stereocenters. The van der Waals surface area contributed by atoms with E-state index in [4.69, 9.17) is 50.0 Å². The molecule has 24 nitrogen and oxygen atoms in total. The third-order valence-electron chi connectivity index (χ3n) is 13.6. The van der Waals surface area contributed by atoms with Crippen LogP contribution in [0.25, 0.3) is 5.65 Å². The van der Waals surface area contributed by atoms with Crippen LogP contribution >= 0.6 is 15.9 Å². The minimum absolute atomic E-state index is 0.197. The van der Waals surface area contributed by atoms with Crippen LogP contribution < -0.4 is 5.73 Å². The number of nitrogens with two attached hydrogens (primary N) is 1. The average Bonchev–Trinajstić information content (AvgIpc) is 1.90. The summed E-state index contributed by atoms with van der Waals surface area (Å²) in [5.41, 5.74) is 6.77. The maximum absolute atomic E-state index is 12.6. The SMILES string of the molecule is CO.COC1O[C@H](COC(=O)c2ccc(C)cc2)[C@@H](OC(=O)c2ccc(C)cc2)[C@@]1(C)O.C[C@@]1(O)[C@H](O)[C@@H](CO)O[C@H]1c1cnc2c(N)ncnn12.Cc1ccc(C(=O)OC[C@H]2OC(O)[C@](C)(O)[C@@H]2OC(=O)c2ccc(C)cc2)cc1.[3H][P+](P)=S. The molecular weight excluding hydrogens is 1150 g/mol. The molecule has 3 aliphatic rings. The molecule has 6 aromatic rings. The van der Waals surface area contributed by atoms with Gasteiger partial charge < -0.3 is 79.4 Å². The molecular formula is C57H72N5O19P2S+. The number of aromatic nitrogens is 4. The van der Waals surface area contributed by atoms with Crippen molar-refractivity contribution in [2.24, 2.45) is 0 Å². The van der Waals surface area contributed by atoms with Crippen LogP contribution in [0.3, 0.4) is 0 Å². The van der Waals surface area contributed by atoms with E-state index < -0.39 is 110 Å². The molecule has 4 aromatic carbocycles. The molecule has 0 bridgehead atoms. The molecule has 0 amide bonds. The first-order valence-electron chi connectivity index (χ1n) is 26.3. The Kier molecular flexibility index (Phi) is 24.3. The summed E-state index contributed by atoms with van der Waals surface area (Å²) in [6.45, 7) is 10.0. The van der Waals surface area contributed by atoms with Crippen molar-refractivity contribution in [1.82, 2.24) is 19.6 Å². The predicted molar refractivity (Wildman–Crippen MR) is 312 cm³/mol. The number of anilines is 1. The second-order valence-electron chi connectivity index (χ2n) is 20.1. The van der Waals surface area contributed by atoms with E-state index in [9.17, 15) is 49.8 Å². The van der Waals surface area contributed by atoms with Crippen LogP contribution in [0, 0.1) is 27.7 Å². The summed E-state index contributed by atoms with van der Waals surface area (Å²) in [5.74, 6) is -2.22. The van der Waals surface area contributed by atoms with Crippen LogP contribution in [0.2, 0.25) is 0 Å². The van der Waals surface area contributed by atoms with Crippen LogP contribution in [0.4, 0.5) is 5.82 Å². The van der Waals surface area contributed by atoms with Gasteiger partial charge in [-0.05, 0) is 97.0 Å². The number of nitrogen functional groups attached to an aromatic ring is 1. The molecule has 84 heavy (non-hydrogen) atoms. The van der Waals surface area contributed by atoms with Gasteiger partial charge in [-0.2, -0.15) is 5.10 Å². The summed E-state index contributed by atoms with van der Waals surface area (Å²) in [4.78, 5) is 57.5. The molecule has 14 atom stereocenters. The Balaban J connectivity index is 0.000000226. The van der Waals surface area contributed by atoms with Crippen molar-refractivity contribution in [3.8, 4) is 0 Å². The van der Waals surface area contributed by atoms with Gasteiger partial charge in [0.1, 0.15) is 55.7 Å². The first-order chi connectivity index (χ1) is 40.1. The minimum atomic E-state index is -1.86. The number of esters is 4. The number of aryl methyl sites for hydroxylation is 4. The number of benzene rings is 4. The summed E-state index contributed by atoms with van der Waals surface area (Å²) in [6.07, 6.45) is -7.15. The number of rotatable bonds is 13. The van der Waals surface area contributed by atoms with E-state index >= 15 is 0 Å². The van der Waals surface area contributed by atoms with E-state index in [0.29, 0.717) is 33.6 Å². The zero-order valence-corrected chi connectivity index (χ0v) is 50.4. The molecule has 0 spiro atoms. The van der Waals surface area contributed by atoms with E-state index in [2.05, 4.69) is 35.8 Å². The van der Waals surface area contributed by atoms with E-state index in [1.54, 1.807) is 97.1 Å². The Labute approximate surface area is 495 Å². The molecule has 5 heterocycles. The number of aliphatic hydroxyl groups excluding tert-OH is 4. The molecule has 0 radical (unpaired) electrons. The monoisotopic (exact) mass is 1230 g/mol. The Morgan fingerprint density at radius 3 is 1.45 bits per heavy atom. The zero-order chi connectivity index (χ0) is 63.1. The number of fused-ring (bicyclic) bond motifs is 1. The van der Waals surface area contributed by atoms with Gasteiger partial charge >= 0.3 is 25.2 Å². The highest BCUT2D eigenvalue weighted by Crippen LogP contribution is 2.42. The van der Waals surface area contributed by atoms with Gasteiger partial charge in [-0.25, -0.2) is 33.7 Å². The number of imidazole rings is 1. The third-order valence-corrected chi connectivity index (χ3v) is 13.6. The Bertz CT molecular complexity index is 3190. The van der Waals surface area contributed by atoms with Crippen LogP contribution in [0.15, 0.2) is 110 Å². The summed E-state index contributed by atoms with van der Waals surface area (Å²) >= 11 is 4.31. The van der Waals surface area contributed by atoms with Crippen LogP contribution in [-0.4, -0.2) is 181 Å². The standard InChI is InChI=1S/C23H26O7.C22H24O7.C11H15N5O4.CH4O.H2P2S/c1-14-5-9-16(10-6-14)20(24)28-13-18-19(23(3,26)22(27-4)29-18)30-21(25)17-11-7-15(2)8-12-17;1-13-4-8-15(9-5-13)19(23)27-12-17-18(22(3,26)21(25)28-17)29-20(24)16-10-6-14(2)7-11-16;1-11(19)7(18)6(3-17)20-8(11)5-2-13-10-9(12)14-4-15-16(5)10;1-2;1-2-3/h5-12,18-19,22,26H,13H2,1-4H3;4-11,17-18,21,25-26H,12H2,1-3H3;2,4,6-8,17-19H,3H2,1H3,(H2,12,14,15);2H,1H3;1H2/p+1/t18-,19-,22?,23-;17-,18-,21?,22-;6-,7-,8+,11-;;/m111../s1/i/hT. The number of ether oxygens (including phenoxy) is 8. The maximum Gasteiger partial charge on any atom is 0.355 e. The number of nitrogens with zero attached hydrogens (tertiary/aromatic N) is 4. The molecule has 3 fully saturated rings. The van der Waals surface area contributed by atoms with E-state index in [-0.39, 0.29) is 19.0 Å². The summed E-state index contributed by atoms with van der Waals surface area (Å²) in [7, 11) is 4.58. The van der Waals surface area contributed by atoms with Gasteiger partial charge in [0.05, 0.1) is 49.7 Å². The van der Waals surface area contributed by atoms with Crippen molar-refractivity contribution in [3.05, 3.63) is 160 Å². The normalized spacial score (nSPS) is 26.9. The van der Waals surface area contributed by atoms with Crippen molar-refractivity contribution in [2.75, 3.05) is 39.8 Å². The number of carbonyl (C=O) groups is 4. The Morgan fingerprint density at radius 1 is 0.667 bits per heavy atom. The molecule has 454 valence electrons. The number of hydrogen-bond acceptors (Lipinski definition) is 24. The summed E-state index contributed by atoms with van der Waals surface area (Å²) in [6, 6.07) is 27.4. The second kappa shape index (κ2) is 30.6. The Morgan fingerprint density at radius 2 is 1.06 bits per heavy atom. The molecule has 3 aliphatic heterocycles. The fourth-order valence-corrected chi connectivity index (χ4v) is 8.78. The van der Waals surface area contributed by atoms with E-state index in [1.807, 2.05) is 27.7 Å². The lowest BCUT2D eigenvalue weighted by Crippen LogP contribution is -2.49. The lowest BCUT2D eigenvalue weighted by atomic mass is 9.91. The van der Waals surface area contributed by atoms with Crippen molar-refractivity contribution < 1.29 is 92.8 Å². The summed E-state index contributed by atoms with van der Waals surface area (Å²) in [5, 5.41) is 72.1. The van der Waals surface area contributed by atoms with Crippen LogP contribution in [0.1, 0.15) is 96.3 Å². The van der Waals surface area contributed by atoms with Crippen molar-refractivity contribution in [2.45, 2.75) is 121 Å². The topological polar surface area (TPSA) is 353 Å². The van der Waals surface area contributed by atoms with Crippen LogP contribution in [-0.2, 0) is 49.7 Å². The smallest absolute Gasteiger partial charge is 0.355 e. The fourth-order valence-electron chi connectivity index (χ4n) is 8.78. The molecule has 9 rings (SSSR count). The van der Waals surface area contributed by atoms with Gasteiger partial charge in [-0.3, -0.25) is 0 Å². The van der Waals surface area contributed by atoms with Gasteiger partial charge in [0.15, 0.2) is 66.3 Å². The van der Waals surface area contributed by atoms with Crippen molar-refractivity contribution >= 4 is 63.1 Å². The van der Waals surface area contributed by atoms with Gasteiger partial charge in [0.25, 0.3) is 0 Å². The highest BCUT2D eigenvalue weighted by Gasteiger charge is 2.57. The van der Waals surface area contributed by atoms with Crippen LogP contribution in [0.5, 0.6) is 0 Å². The fraction of sp³-hybridized carbons (Fsp3) is 0.421. The number of carbonyl (C=O) groups excluding carboxylic acids is 4. The quantitative estimate of drug-likeness (QED) is 0.0464. The molecule has 0 saturated carbocycles. The van der Waals surface area contributed by atoms with Crippen molar-refractivity contribution in [3.63, 3.8) is 0 Å². The van der Waals surface area contributed by atoms with E-state index in [0.717, 1.165) is 29.4 Å². The van der Waals surface area contributed by atoms with E-state index in [1.165, 1.54) is 44.9 Å². The Hall–Kier alpha value is -6.38. The first kappa shape index (κ1) is 66.8. The highest BCUT2D eigenvalue weighted by atomic mass is 32.6. The highest BCUT2D eigenvalue weighted by molar-refractivity contribution is 8.24. The third kappa shape index (κ3) is 16.7. The lowest BCUT2D eigenvalue weighted by molar-refractivity contribution is -0.187. The number of methoxy groups -OCH3 is 1. The van der Waals surface area contributed by atoms with Gasteiger partial charge in [-0.1, -0.05) is 70.8 Å². The lowest BCUT2D eigenvalue weighted by Gasteiger charge is -2.28. The second-order valence-corrected chi connectivity index (χ2v) is 22.9. The molecule has 3 saturated heterocycles. The largest absolute Gasteiger partial charge is 0.459 e. The molecule has 2 aromatic heterocycles. The molecule has 0 aliphatic carbocycles. The van der Waals surface area contributed by atoms with Gasteiger partial charge in [-0.15, -0.1) is 0 Å². The predicted octanol–water partition coefficient (Wildman–Crippen LogP) is 3.74. The number of hydrogen-bond donors (Lipinski definition) is 8. The minimum Gasteiger partial charge on any atom is -0.459 e.